The van der Waals surface area contributed by atoms with Crippen molar-refractivity contribution in [2.75, 3.05) is 33.5 Å². The Hall–Kier alpha value is -0.160. The van der Waals surface area contributed by atoms with E-state index < -0.39 is 0 Å². The van der Waals surface area contributed by atoms with Gasteiger partial charge < -0.3 is 19.5 Å². The second-order valence-corrected chi connectivity index (χ2v) is 5.59. The Morgan fingerprint density at radius 3 is 2.50 bits per heavy atom. The van der Waals surface area contributed by atoms with Crippen molar-refractivity contribution in [3.8, 4) is 0 Å². The molecule has 0 aromatic rings. The third-order valence-corrected chi connectivity index (χ3v) is 3.83. The molecule has 1 fully saturated rings. The Kier molecular flexibility index (Phi) is 10.3. The van der Waals surface area contributed by atoms with Gasteiger partial charge in [0.1, 0.15) is 0 Å². The summed E-state index contributed by atoms with van der Waals surface area (Å²) >= 11 is 0. The molecule has 0 amide bonds. The highest BCUT2D eigenvalue weighted by Crippen LogP contribution is 2.27. The van der Waals surface area contributed by atoms with E-state index in [1.54, 1.807) is 7.11 Å². The van der Waals surface area contributed by atoms with E-state index >= 15 is 0 Å². The van der Waals surface area contributed by atoms with Crippen molar-refractivity contribution in [2.45, 2.75) is 70.6 Å². The molecule has 0 aromatic carbocycles. The molecular weight excluding hydrogens is 254 g/mol. The van der Waals surface area contributed by atoms with Crippen LogP contribution in [-0.2, 0) is 14.2 Å². The van der Waals surface area contributed by atoms with Crippen molar-refractivity contribution < 1.29 is 14.2 Å². The maximum absolute atomic E-state index is 5.97. The molecule has 1 saturated carbocycles. The number of hydrogen-bond acceptors (Lipinski definition) is 4. The Morgan fingerprint density at radius 2 is 1.80 bits per heavy atom. The van der Waals surface area contributed by atoms with Crippen LogP contribution in [0.2, 0.25) is 0 Å². The van der Waals surface area contributed by atoms with Gasteiger partial charge in [-0.15, -0.1) is 0 Å². The van der Waals surface area contributed by atoms with Crippen LogP contribution in [0.1, 0.15) is 52.4 Å². The summed E-state index contributed by atoms with van der Waals surface area (Å²) in [4.78, 5) is 0. The highest BCUT2D eigenvalue weighted by molar-refractivity contribution is 4.97. The fraction of sp³-hybridized carbons (Fsp3) is 1.00. The third kappa shape index (κ3) is 6.53. The summed E-state index contributed by atoms with van der Waals surface area (Å²) in [5.41, 5.74) is 0. The summed E-state index contributed by atoms with van der Waals surface area (Å²) in [6, 6.07) is 0.451. The minimum absolute atomic E-state index is 0.197. The fourth-order valence-corrected chi connectivity index (χ4v) is 2.53. The molecule has 3 unspecified atom stereocenters. The zero-order valence-corrected chi connectivity index (χ0v) is 13.5. The van der Waals surface area contributed by atoms with E-state index in [0.29, 0.717) is 19.3 Å². The van der Waals surface area contributed by atoms with Gasteiger partial charge in [-0.1, -0.05) is 33.1 Å². The van der Waals surface area contributed by atoms with E-state index in [2.05, 4.69) is 19.2 Å². The smallest absolute Gasteiger partial charge is 0.0991 e. The van der Waals surface area contributed by atoms with E-state index in [1.807, 2.05) is 0 Å². The van der Waals surface area contributed by atoms with Crippen LogP contribution in [0, 0.1) is 0 Å². The zero-order chi connectivity index (χ0) is 14.6. The van der Waals surface area contributed by atoms with Gasteiger partial charge in [0.15, 0.2) is 0 Å². The highest BCUT2D eigenvalue weighted by Gasteiger charge is 2.42. The van der Waals surface area contributed by atoms with Crippen molar-refractivity contribution in [3.63, 3.8) is 0 Å². The third-order valence-electron chi connectivity index (χ3n) is 3.83. The minimum Gasteiger partial charge on any atom is -0.382 e. The molecule has 1 aliphatic rings. The van der Waals surface area contributed by atoms with Crippen LogP contribution >= 0.6 is 0 Å². The maximum atomic E-state index is 5.97. The van der Waals surface area contributed by atoms with Crippen LogP contribution in [0.3, 0.4) is 0 Å². The first-order valence-electron chi connectivity index (χ1n) is 8.29. The average molecular weight is 287 g/mol. The van der Waals surface area contributed by atoms with Crippen molar-refractivity contribution in [3.05, 3.63) is 0 Å². The van der Waals surface area contributed by atoms with E-state index in [9.17, 15) is 0 Å². The molecular formula is C16H33NO3. The zero-order valence-electron chi connectivity index (χ0n) is 13.5. The molecule has 0 heterocycles. The van der Waals surface area contributed by atoms with Crippen molar-refractivity contribution in [1.29, 1.82) is 0 Å². The minimum atomic E-state index is 0.197. The standard InChI is InChI=1S/C16H33NO3/c1-4-6-7-8-10-19-15-13-14(17-9-5-2)16(15)20-12-11-18-3/h14-17H,4-13H2,1-3H3. The Balaban J connectivity index is 2.19. The average Bonchev–Trinajstić information content (AvgIpc) is 2.45. The second-order valence-electron chi connectivity index (χ2n) is 5.59. The van der Waals surface area contributed by atoms with Gasteiger partial charge in [0.05, 0.1) is 25.4 Å². The number of unbranched alkanes of at least 4 members (excludes halogenated alkanes) is 3. The summed E-state index contributed by atoms with van der Waals surface area (Å²) in [5.74, 6) is 0. The van der Waals surface area contributed by atoms with E-state index in [1.165, 1.54) is 25.7 Å². The molecule has 1 aliphatic carbocycles. The first-order chi connectivity index (χ1) is 9.83. The van der Waals surface area contributed by atoms with Crippen LogP contribution in [0.15, 0.2) is 0 Å². The molecule has 4 heteroatoms. The van der Waals surface area contributed by atoms with Gasteiger partial charge in [-0.05, 0) is 25.8 Å². The van der Waals surface area contributed by atoms with E-state index in [-0.39, 0.29) is 12.2 Å². The lowest BCUT2D eigenvalue weighted by Crippen LogP contribution is -2.60. The molecule has 0 bridgehead atoms. The van der Waals surface area contributed by atoms with Gasteiger partial charge in [0.2, 0.25) is 0 Å². The molecule has 1 N–H and O–H groups in total. The number of methoxy groups -OCH3 is 1. The van der Waals surface area contributed by atoms with Gasteiger partial charge in [-0.2, -0.15) is 0 Å². The van der Waals surface area contributed by atoms with E-state index in [0.717, 1.165) is 26.0 Å². The first kappa shape index (κ1) is 17.9. The Labute approximate surface area is 124 Å². The lowest BCUT2D eigenvalue weighted by Gasteiger charge is -2.44. The Morgan fingerprint density at radius 1 is 0.950 bits per heavy atom. The Bertz CT molecular complexity index is 226. The number of nitrogens with one attached hydrogen (secondary N) is 1. The molecule has 0 saturated heterocycles. The maximum Gasteiger partial charge on any atom is 0.0991 e. The molecule has 4 nitrogen and oxygen atoms in total. The monoisotopic (exact) mass is 287 g/mol. The van der Waals surface area contributed by atoms with Gasteiger partial charge in [0, 0.05) is 19.8 Å². The van der Waals surface area contributed by atoms with Gasteiger partial charge in [-0.3, -0.25) is 0 Å². The van der Waals surface area contributed by atoms with Crippen LogP contribution in [-0.4, -0.2) is 51.7 Å². The van der Waals surface area contributed by atoms with Crippen LogP contribution in [0.25, 0.3) is 0 Å². The van der Waals surface area contributed by atoms with Gasteiger partial charge >= 0.3 is 0 Å². The predicted octanol–water partition coefficient (Wildman–Crippen LogP) is 2.76. The van der Waals surface area contributed by atoms with Crippen molar-refractivity contribution in [1.82, 2.24) is 5.32 Å². The molecule has 0 radical (unpaired) electrons. The van der Waals surface area contributed by atoms with Crippen LogP contribution in [0.4, 0.5) is 0 Å². The molecule has 0 spiro atoms. The number of ether oxygens (including phenoxy) is 3. The lowest BCUT2D eigenvalue weighted by molar-refractivity contribution is -0.152. The molecule has 3 atom stereocenters. The topological polar surface area (TPSA) is 39.7 Å². The summed E-state index contributed by atoms with van der Waals surface area (Å²) in [7, 11) is 1.71. The highest BCUT2D eigenvalue weighted by atomic mass is 16.6. The largest absolute Gasteiger partial charge is 0.382 e. The summed E-state index contributed by atoms with van der Waals surface area (Å²) in [6.45, 7) is 7.65. The van der Waals surface area contributed by atoms with Crippen LogP contribution in [0.5, 0.6) is 0 Å². The normalized spacial score (nSPS) is 25.6. The summed E-state index contributed by atoms with van der Waals surface area (Å²) < 4.78 is 16.9. The van der Waals surface area contributed by atoms with Gasteiger partial charge in [-0.25, -0.2) is 0 Å². The quantitative estimate of drug-likeness (QED) is 0.529. The number of hydrogen-bond donors (Lipinski definition) is 1. The number of rotatable bonds is 13. The molecule has 20 heavy (non-hydrogen) atoms. The molecule has 120 valence electrons. The van der Waals surface area contributed by atoms with Crippen LogP contribution < -0.4 is 5.32 Å². The second kappa shape index (κ2) is 11.5. The lowest BCUT2D eigenvalue weighted by atomic mass is 9.85. The predicted molar refractivity (Wildman–Crippen MR) is 82.2 cm³/mol. The first-order valence-corrected chi connectivity index (χ1v) is 8.29. The van der Waals surface area contributed by atoms with E-state index in [4.69, 9.17) is 14.2 Å². The fourth-order valence-electron chi connectivity index (χ4n) is 2.53. The summed E-state index contributed by atoms with van der Waals surface area (Å²) in [5, 5.41) is 3.54. The van der Waals surface area contributed by atoms with Crippen molar-refractivity contribution in [2.24, 2.45) is 0 Å². The van der Waals surface area contributed by atoms with Crippen molar-refractivity contribution >= 4 is 0 Å². The van der Waals surface area contributed by atoms with Gasteiger partial charge in [0.25, 0.3) is 0 Å². The molecule has 0 aliphatic heterocycles. The SMILES string of the molecule is CCCCCCOC1CC(NCCC)C1OCCOC. The molecule has 0 aromatic heterocycles. The summed E-state index contributed by atoms with van der Waals surface area (Å²) in [6.07, 6.45) is 7.72. The molecule has 1 rings (SSSR count).